The fourth-order valence-corrected chi connectivity index (χ4v) is 1.63. The van der Waals surface area contributed by atoms with Crippen LogP contribution in [-0.2, 0) is 14.2 Å². The first-order valence-corrected chi connectivity index (χ1v) is 5.92. The van der Waals surface area contributed by atoms with E-state index in [4.69, 9.17) is 14.2 Å². The minimum atomic E-state index is -0.781. The Morgan fingerprint density at radius 1 is 1.47 bits per heavy atom. The molecule has 17 heavy (non-hydrogen) atoms. The first-order valence-electron chi connectivity index (χ1n) is 5.92. The molecule has 1 rings (SSSR count). The van der Waals surface area contributed by atoms with E-state index in [-0.39, 0.29) is 6.61 Å². The van der Waals surface area contributed by atoms with Crippen LogP contribution >= 0.6 is 0 Å². The molecule has 6 nitrogen and oxygen atoms in total. The molecule has 6 heteroatoms. The molecule has 1 saturated heterocycles. The van der Waals surface area contributed by atoms with Gasteiger partial charge in [-0.1, -0.05) is 0 Å². The zero-order valence-corrected chi connectivity index (χ0v) is 10.4. The van der Waals surface area contributed by atoms with Gasteiger partial charge in [0, 0.05) is 33.2 Å². The Kier molecular flexibility index (Phi) is 6.94. The minimum absolute atomic E-state index is 0.269. The molecule has 0 aliphatic carbocycles. The predicted molar refractivity (Wildman–Crippen MR) is 62.0 cm³/mol. The van der Waals surface area contributed by atoms with Gasteiger partial charge in [0.1, 0.15) is 5.60 Å². The van der Waals surface area contributed by atoms with Gasteiger partial charge < -0.3 is 29.7 Å². The van der Waals surface area contributed by atoms with Gasteiger partial charge in [-0.05, 0) is 0 Å². The number of aliphatic hydroxyl groups is 2. The number of ether oxygens (including phenoxy) is 3. The standard InChI is InChI=1S/C11H23NO5/c1-15-4-5-16-7-10(13)6-12-8-11(14)2-3-17-9-11/h10,12-14H,2-9H2,1H3. The topological polar surface area (TPSA) is 80.2 Å². The van der Waals surface area contributed by atoms with E-state index in [1.165, 1.54) is 0 Å². The molecule has 0 spiro atoms. The molecule has 0 radical (unpaired) electrons. The van der Waals surface area contributed by atoms with Gasteiger partial charge in [0.2, 0.25) is 0 Å². The van der Waals surface area contributed by atoms with Crippen LogP contribution in [0.25, 0.3) is 0 Å². The quantitative estimate of drug-likeness (QED) is 0.443. The van der Waals surface area contributed by atoms with Crippen LogP contribution in [0.5, 0.6) is 0 Å². The maximum Gasteiger partial charge on any atom is 0.102 e. The minimum Gasteiger partial charge on any atom is -0.389 e. The van der Waals surface area contributed by atoms with E-state index in [0.717, 1.165) is 0 Å². The third-order valence-corrected chi connectivity index (χ3v) is 2.66. The number of aliphatic hydroxyl groups excluding tert-OH is 1. The number of hydrogen-bond acceptors (Lipinski definition) is 6. The normalized spacial score (nSPS) is 26.3. The molecule has 1 heterocycles. The van der Waals surface area contributed by atoms with E-state index < -0.39 is 11.7 Å². The van der Waals surface area contributed by atoms with Crippen molar-refractivity contribution in [2.75, 3.05) is 53.2 Å². The average molecular weight is 249 g/mol. The zero-order valence-electron chi connectivity index (χ0n) is 10.4. The van der Waals surface area contributed by atoms with E-state index in [1.807, 2.05) is 0 Å². The number of nitrogens with one attached hydrogen (secondary N) is 1. The van der Waals surface area contributed by atoms with Crippen molar-refractivity contribution in [3.05, 3.63) is 0 Å². The second-order valence-corrected chi connectivity index (χ2v) is 4.38. The van der Waals surface area contributed by atoms with Crippen LogP contribution < -0.4 is 5.32 Å². The van der Waals surface area contributed by atoms with Crippen molar-refractivity contribution in [1.29, 1.82) is 0 Å². The highest BCUT2D eigenvalue weighted by molar-refractivity contribution is 4.85. The molecular formula is C11H23NO5. The fraction of sp³-hybridized carbons (Fsp3) is 1.00. The number of rotatable bonds is 9. The van der Waals surface area contributed by atoms with Crippen LogP contribution in [-0.4, -0.2) is 75.2 Å². The van der Waals surface area contributed by atoms with E-state index in [1.54, 1.807) is 7.11 Å². The first-order chi connectivity index (χ1) is 8.16. The molecule has 0 bridgehead atoms. The van der Waals surface area contributed by atoms with Gasteiger partial charge in [-0.25, -0.2) is 0 Å². The predicted octanol–water partition coefficient (Wildman–Crippen LogP) is -1.25. The SMILES string of the molecule is COCCOCC(O)CNCC1(O)CCOC1. The van der Waals surface area contributed by atoms with Gasteiger partial charge in [-0.15, -0.1) is 0 Å². The molecule has 1 fully saturated rings. The lowest BCUT2D eigenvalue weighted by Crippen LogP contribution is -2.44. The summed E-state index contributed by atoms with van der Waals surface area (Å²) >= 11 is 0. The molecule has 0 aromatic carbocycles. The van der Waals surface area contributed by atoms with Crippen LogP contribution in [0.1, 0.15) is 6.42 Å². The summed E-state index contributed by atoms with van der Waals surface area (Å²) in [5, 5.41) is 22.5. The van der Waals surface area contributed by atoms with E-state index in [0.29, 0.717) is 45.9 Å². The summed E-state index contributed by atoms with van der Waals surface area (Å²) in [5.74, 6) is 0. The number of hydrogen-bond donors (Lipinski definition) is 3. The molecule has 2 atom stereocenters. The molecule has 102 valence electrons. The van der Waals surface area contributed by atoms with Gasteiger partial charge in [-0.2, -0.15) is 0 Å². The Hall–Kier alpha value is -0.240. The summed E-state index contributed by atoms with van der Waals surface area (Å²) in [6.07, 6.45) is 0.0678. The molecule has 3 N–H and O–H groups in total. The first kappa shape index (κ1) is 14.8. The smallest absolute Gasteiger partial charge is 0.102 e. The maximum absolute atomic E-state index is 9.93. The van der Waals surface area contributed by atoms with Crippen molar-refractivity contribution >= 4 is 0 Å². The molecule has 0 amide bonds. The second kappa shape index (κ2) is 7.97. The Morgan fingerprint density at radius 3 is 2.94 bits per heavy atom. The van der Waals surface area contributed by atoms with Gasteiger partial charge in [0.15, 0.2) is 0 Å². The van der Waals surface area contributed by atoms with Crippen LogP contribution in [0.15, 0.2) is 0 Å². The molecule has 2 unspecified atom stereocenters. The zero-order chi connectivity index (χ0) is 12.6. The van der Waals surface area contributed by atoms with Crippen molar-refractivity contribution < 1.29 is 24.4 Å². The molecular weight excluding hydrogens is 226 g/mol. The molecule has 0 aromatic heterocycles. The summed E-state index contributed by atoms with van der Waals surface area (Å²) in [7, 11) is 1.60. The molecule has 0 saturated carbocycles. The summed E-state index contributed by atoms with van der Waals surface area (Å²) in [4.78, 5) is 0. The van der Waals surface area contributed by atoms with Crippen molar-refractivity contribution in [2.24, 2.45) is 0 Å². The lowest BCUT2D eigenvalue weighted by Gasteiger charge is -2.21. The Balaban J connectivity index is 1.97. The van der Waals surface area contributed by atoms with Crippen LogP contribution in [0.2, 0.25) is 0 Å². The highest BCUT2D eigenvalue weighted by Gasteiger charge is 2.31. The van der Waals surface area contributed by atoms with Gasteiger partial charge in [-0.3, -0.25) is 0 Å². The van der Waals surface area contributed by atoms with Crippen LogP contribution in [0.3, 0.4) is 0 Å². The summed E-state index contributed by atoms with van der Waals surface area (Å²) in [5.41, 5.74) is -0.781. The van der Waals surface area contributed by atoms with Gasteiger partial charge in [0.05, 0.1) is 32.5 Å². The Bertz CT molecular complexity index is 196. The van der Waals surface area contributed by atoms with Crippen molar-refractivity contribution in [3.63, 3.8) is 0 Å². The molecule has 1 aliphatic heterocycles. The van der Waals surface area contributed by atoms with Crippen molar-refractivity contribution in [3.8, 4) is 0 Å². The lowest BCUT2D eigenvalue weighted by molar-refractivity contribution is 0.00441. The van der Waals surface area contributed by atoms with Gasteiger partial charge >= 0.3 is 0 Å². The molecule has 0 aromatic rings. The monoisotopic (exact) mass is 249 g/mol. The van der Waals surface area contributed by atoms with Gasteiger partial charge in [0.25, 0.3) is 0 Å². The third kappa shape index (κ3) is 6.30. The third-order valence-electron chi connectivity index (χ3n) is 2.66. The van der Waals surface area contributed by atoms with Crippen LogP contribution in [0.4, 0.5) is 0 Å². The summed E-state index contributed by atoms with van der Waals surface area (Å²) < 4.78 is 15.1. The fourth-order valence-electron chi connectivity index (χ4n) is 1.63. The van der Waals surface area contributed by atoms with E-state index in [9.17, 15) is 10.2 Å². The lowest BCUT2D eigenvalue weighted by atomic mass is 10.0. The van der Waals surface area contributed by atoms with Crippen molar-refractivity contribution in [2.45, 2.75) is 18.1 Å². The highest BCUT2D eigenvalue weighted by atomic mass is 16.5. The summed E-state index contributed by atoms with van der Waals surface area (Å²) in [6.45, 7) is 3.06. The largest absolute Gasteiger partial charge is 0.389 e. The summed E-state index contributed by atoms with van der Waals surface area (Å²) in [6, 6.07) is 0. The van der Waals surface area contributed by atoms with Crippen LogP contribution in [0, 0.1) is 0 Å². The second-order valence-electron chi connectivity index (χ2n) is 4.38. The average Bonchev–Trinajstić information content (AvgIpc) is 2.72. The van der Waals surface area contributed by atoms with Crippen molar-refractivity contribution in [1.82, 2.24) is 5.32 Å². The van der Waals surface area contributed by atoms with E-state index in [2.05, 4.69) is 5.32 Å². The Labute approximate surface area is 102 Å². The van der Waals surface area contributed by atoms with E-state index >= 15 is 0 Å². The number of methoxy groups -OCH3 is 1. The highest BCUT2D eigenvalue weighted by Crippen LogP contribution is 2.16. The maximum atomic E-state index is 9.93. The molecule has 1 aliphatic rings. The Morgan fingerprint density at radius 2 is 2.29 bits per heavy atom.